The summed E-state index contributed by atoms with van der Waals surface area (Å²) in [5, 5.41) is 4.41. The van der Waals surface area contributed by atoms with Crippen LogP contribution < -0.4 is 0 Å². The van der Waals surface area contributed by atoms with Gasteiger partial charge in [-0.15, -0.1) is 0 Å². The molecule has 0 spiro atoms. The lowest BCUT2D eigenvalue weighted by atomic mass is 9.88. The Hall–Kier alpha value is -3.21. The van der Waals surface area contributed by atoms with E-state index < -0.39 is 0 Å². The maximum atomic E-state index is 12.9. The van der Waals surface area contributed by atoms with Gasteiger partial charge in [0.05, 0.1) is 11.9 Å². The van der Waals surface area contributed by atoms with Gasteiger partial charge in [0.2, 0.25) is 5.91 Å². The highest BCUT2D eigenvalue weighted by Gasteiger charge is 2.27. The Morgan fingerprint density at radius 1 is 0.970 bits per heavy atom. The fourth-order valence-corrected chi connectivity index (χ4v) is 4.52. The van der Waals surface area contributed by atoms with Gasteiger partial charge in [0.25, 0.3) is 0 Å². The van der Waals surface area contributed by atoms with Gasteiger partial charge in [0.1, 0.15) is 0 Å². The molecule has 1 aliphatic rings. The molecule has 1 saturated heterocycles. The number of amides is 1. The van der Waals surface area contributed by atoms with Crippen molar-refractivity contribution in [2.24, 2.45) is 11.8 Å². The predicted molar refractivity (Wildman–Crippen MR) is 131 cm³/mol. The van der Waals surface area contributed by atoms with Gasteiger partial charge in [-0.25, -0.2) is 4.68 Å². The number of aromatic nitrogens is 2. The fraction of sp³-hybridized carbons (Fsp3) is 0.393. The summed E-state index contributed by atoms with van der Waals surface area (Å²) in [6, 6.07) is 18.0. The molecular formula is C28H33N3O2. The number of carbonyl (C=O) groups is 2. The third kappa shape index (κ3) is 5.98. The van der Waals surface area contributed by atoms with Crippen molar-refractivity contribution >= 4 is 11.7 Å². The van der Waals surface area contributed by atoms with E-state index in [1.54, 1.807) is 0 Å². The number of para-hydroxylation sites is 1. The Bertz CT molecular complexity index is 1060. The molecule has 3 aromatic rings. The highest BCUT2D eigenvalue weighted by Crippen LogP contribution is 2.23. The van der Waals surface area contributed by atoms with Crippen LogP contribution in [0.4, 0.5) is 0 Å². The van der Waals surface area contributed by atoms with E-state index in [-0.39, 0.29) is 17.6 Å². The molecule has 0 bridgehead atoms. The summed E-state index contributed by atoms with van der Waals surface area (Å²) in [5.41, 5.74) is 4.13. The number of rotatable bonds is 8. The first-order valence-corrected chi connectivity index (χ1v) is 12.0. The zero-order valence-corrected chi connectivity index (χ0v) is 19.6. The third-order valence-electron chi connectivity index (χ3n) is 6.39. The largest absolute Gasteiger partial charge is 0.343 e. The Kier molecular flexibility index (Phi) is 7.38. The fourth-order valence-electron chi connectivity index (χ4n) is 4.52. The number of hydrogen-bond acceptors (Lipinski definition) is 3. The van der Waals surface area contributed by atoms with Gasteiger partial charge in [-0.05, 0) is 54.9 Å². The SMILES string of the molecule is CC(C)Cc1ccc(C(=O)C2CCN(C(=O)CCc3cnn(-c4ccccc4)c3)CC2)cc1. The molecule has 4 rings (SSSR count). The average molecular weight is 444 g/mol. The predicted octanol–water partition coefficient (Wildman–Crippen LogP) is 5.12. The molecule has 5 nitrogen and oxygen atoms in total. The summed E-state index contributed by atoms with van der Waals surface area (Å²) in [5.74, 6) is 0.987. The summed E-state index contributed by atoms with van der Waals surface area (Å²) in [6.07, 6.45) is 7.47. The van der Waals surface area contributed by atoms with E-state index in [4.69, 9.17) is 0 Å². The Morgan fingerprint density at radius 2 is 1.67 bits per heavy atom. The average Bonchev–Trinajstić information content (AvgIpc) is 3.32. The minimum Gasteiger partial charge on any atom is -0.343 e. The smallest absolute Gasteiger partial charge is 0.222 e. The minimum atomic E-state index is 0.00843. The summed E-state index contributed by atoms with van der Waals surface area (Å²) in [4.78, 5) is 27.6. The number of hydrogen-bond donors (Lipinski definition) is 0. The monoisotopic (exact) mass is 443 g/mol. The molecule has 0 N–H and O–H groups in total. The number of carbonyl (C=O) groups excluding carboxylic acids is 2. The lowest BCUT2D eigenvalue weighted by Gasteiger charge is -2.31. The number of benzene rings is 2. The first-order valence-electron chi connectivity index (χ1n) is 12.0. The molecule has 1 fully saturated rings. The van der Waals surface area contributed by atoms with Gasteiger partial charge in [-0.1, -0.05) is 56.3 Å². The van der Waals surface area contributed by atoms with E-state index in [1.807, 2.05) is 64.4 Å². The molecule has 0 atom stereocenters. The molecule has 1 amide bonds. The van der Waals surface area contributed by atoms with Crippen molar-refractivity contribution in [2.45, 2.75) is 46.0 Å². The molecule has 2 aromatic carbocycles. The molecule has 0 unspecified atom stereocenters. The molecule has 0 radical (unpaired) electrons. The number of piperidine rings is 1. The second-order valence-electron chi connectivity index (χ2n) is 9.44. The molecule has 33 heavy (non-hydrogen) atoms. The number of likely N-dealkylation sites (tertiary alicyclic amines) is 1. The van der Waals surface area contributed by atoms with E-state index in [0.717, 1.165) is 36.1 Å². The molecule has 1 aromatic heterocycles. The summed E-state index contributed by atoms with van der Waals surface area (Å²) < 4.78 is 1.84. The van der Waals surface area contributed by atoms with E-state index in [2.05, 4.69) is 31.1 Å². The van der Waals surface area contributed by atoms with Crippen molar-refractivity contribution in [1.82, 2.24) is 14.7 Å². The van der Waals surface area contributed by atoms with Crippen molar-refractivity contribution < 1.29 is 9.59 Å². The molecule has 172 valence electrons. The van der Waals surface area contributed by atoms with E-state index >= 15 is 0 Å². The summed E-state index contributed by atoms with van der Waals surface area (Å²) in [6.45, 7) is 5.71. The van der Waals surface area contributed by atoms with Crippen molar-refractivity contribution in [1.29, 1.82) is 0 Å². The van der Waals surface area contributed by atoms with Crippen LogP contribution >= 0.6 is 0 Å². The van der Waals surface area contributed by atoms with E-state index in [1.165, 1.54) is 5.56 Å². The van der Waals surface area contributed by atoms with Crippen molar-refractivity contribution in [3.05, 3.63) is 83.7 Å². The highest BCUT2D eigenvalue weighted by atomic mass is 16.2. The molecular weight excluding hydrogens is 410 g/mol. The van der Waals surface area contributed by atoms with Crippen LogP contribution in [0.2, 0.25) is 0 Å². The summed E-state index contributed by atoms with van der Waals surface area (Å²) in [7, 11) is 0. The molecule has 0 saturated carbocycles. The Morgan fingerprint density at radius 3 is 2.33 bits per heavy atom. The van der Waals surface area contributed by atoms with Crippen molar-refractivity contribution in [2.75, 3.05) is 13.1 Å². The van der Waals surface area contributed by atoms with Crippen LogP contribution in [0.1, 0.15) is 54.6 Å². The zero-order chi connectivity index (χ0) is 23.2. The van der Waals surface area contributed by atoms with E-state index in [9.17, 15) is 9.59 Å². The van der Waals surface area contributed by atoms with Gasteiger partial charge in [-0.3, -0.25) is 9.59 Å². The van der Waals surface area contributed by atoms with Crippen LogP contribution in [0, 0.1) is 11.8 Å². The lowest BCUT2D eigenvalue weighted by molar-refractivity contribution is -0.132. The van der Waals surface area contributed by atoms with Gasteiger partial charge >= 0.3 is 0 Å². The van der Waals surface area contributed by atoms with Gasteiger partial charge < -0.3 is 4.90 Å². The van der Waals surface area contributed by atoms with Crippen LogP contribution in [-0.2, 0) is 17.6 Å². The number of aryl methyl sites for hydroxylation is 1. The molecule has 1 aliphatic heterocycles. The molecule has 0 aliphatic carbocycles. The standard InChI is InChI=1S/C28H33N3O2/c1-21(2)18-22-8-11-24(12-9-22)28(33)25-14-16-30(17-15-25)27(32)13-10-23-19-29-31(20-23)26-6-4-3-5-7-26/h3-9,11-12,19-21,25H,10,13-18H2,1-2H3. The van der Waals surface area contributed by atoms with Gasteiger partial charge in [0, 0.05) is 37.2 Å². The van der Waals surface area contributed by atoms with E-state index in [0.29, 0.717) is 31.8 Å². The topological polar surface area (TPSA) is 55.2 Å². The van der Waals surface area contributed by atoms with Gasteiger partial charge in [0.15, 0.2) is 5.78 Å². The van der Waals surface area contributed by atoms with Crippen LogP contribution in [0.25, 0.3) is 5.69 Å². The Balaban J connectivity index is 1.24. The quantitative estimate of drug-likeness (QED) is 0.454. The number of Topliss-reactive ketones (excluding diaryl/α,β-unsaturated/α-hetero) is 1. The highest BCUT2D eigenvalue weighted by molar-refractivity contribution is 5.98. The zero-order valence-electron chi connectivity index (χ0n) is 19.6. The van der Waals surface area contributed by atoms with Crippen LogP contribution in [0.3, 0.4) is 0 Å². The summed E-state index contributed by atoms with van der Waals surface area (Å²) >= 11 is 0. The second-order valence-corrected chi connectivity index (χ2v) is 9.44. The maximum absolute atomic E-state index is 12.9. The van der Waals surface area contributed by atoms with Gasteiger partial charge in [-0.2, -0.15) is 5.10 Å². The Labute approximate surface area is 196 Å². The number of ketones is 1. The second kappa shape index (κ2) is 10.6. The lowest BCUT2D eigenvalue weighted by Crippen LogP contribution is -2.40. The maximum Gasteiger partial charge on any atom is 0.222 e. The first-order chi connectivity index (χ1) is 16.0. The van der Waals surface area contributed by atoms with Crippen molar-refractivity contribution in [3.63, 3.8) is 0 Å². The van der Waals surface area contributed by atoms with Crippen LogP contribution in [0.5, 0.6) is 0 Å². The third-order valence-corrected chi connectivity index (χ3v) is 6.39. The normalized spacial score (nSPS) is 14.6. The molecule has 2 heterocycles. The first kappa shape index (κ1) is 23.0. The molecule has 5 heteroatoms. The number of nitrogens with zero attached hydrogens (tertiary/aromatic N) is 3. The van der Waals surface area contributed by atoms with Crippen LogP contribution in [-0.4, -0.2) is 39.5 Å². The minimum absolute atomic E-state index is 0.00843. The van der Waals surface area contributed by atoms with Crippen molar-refractivity contribution in [3.8, 4) is 5.69 Å². The van der Waals surface area contributed by atoms with Crippen LogP contribution in [0.15, 0.2) is 67.0 Å².